The van der Waals surface area contributed by atoms with Crippen molar-refractivity contribution in [1.82, 2.24) is 10.6 Å². The molecule has 112 valence electrons. The summed E-state index contributed by atoms with van der Waals surface area (Å²) in [6, 6.07) is 9.98. The molecular formula is C15H14ClN5O. The van der Waals surface area contributed by atoms with Crippen LogP contribution in [0.4, 0.5) is 0 Å². The topological polar surface area (TPSA) is 95.5 Å². The Hall–Kier alpha value is -2.65. The van der Waals surface area contributed by atoms with E-state index < -0.39 is 0 Å². The number of hydrogen-bond acceptors (Lipinski definition) is 6. The number of ether oxygens (including phenoxy) is 1. The van der Waals surface area contributed by atoms with Crippen LogP contribution in [-0.2, 0) is 4.74 Å². The number of halogens is 1. The van der Waals surface area contributed by atoms with Crippen molar-refractivity contribution in [2.24, 2.45) is 10.7 Å². The zero-order valence-electron chi connectivity index (χ0n) is 11.9. The fraction of sp³-hybridized carbons (Fsp3) is 0.200. The minimum absolute atomic E-state index is 0.256. The zero-order chi connectivity index (χ0) is 15.7. The van der Waals surface area contributed by atoms with E-state index in [4.69, 9.17) is 22.1 Å². The van der Waals surface area contributed by atoms with Crippen LogP contribution in [0.3, 0.4) is 0 Å². The molecule has 0 spiro atoms. The van der Waals surface area contributed by atoms with E-state index in [2.05, 4.69) is 21.7 Å². The molecule has 0 amide bonds. The third kappa shape index (κ3) is 2.36. The van der Waals surface area contributed by atoms with Gasteiger partial charge in [-0.1, -0.05) is 23.7 Å². The van der Waals surface area contributed by atoms with Gasteiger partial charge in [0.05, 0.1) is 25.3 Å². The van der Waals surface area contributed by atoms with Crippen LogP contribution in [0.25, 0.3) is 0 Å². The van der Waals surface area contributed by atoms with Crippen molar-refractivity contribution >= 4 is 17.6 Å². The molecule has 0 fully saturated rings. The van der Waals surface area contributed by atoms with Crippen molar-refractivity contribution in [3.8, 4) is 6.07 Å². The van der Waals surface area contributed by atoms with Crippen LogP contribution >= 0.6 is 11.6 Å². The van der Waals surface area contributed by atoms with Gasteiger partial charge < -0.3 is 15.8 Å². The number of dihydropyridines is 1. The lowest BCUT2D eigenvalue weighted by Gasteiger charge is -2.32. The van der Waals surface area contributed by atoms with E-state index in [1.807, 2.05) is 12.1 Å². The molecule has 0 saturated heterocycles. The van der Waals surface area contributed by atoms with Gasteiger partial charge in [-0.25, -0.2) is 4.99 Å². The van der Waals surface area contributed by atoms with Crippen LogP contribution in [0.5, 0.6) is 0 Å². The molecule has 1 atom stereocenters. The molecule has 0 saturated carbocycles. The monoisotopic (exact) mass is 315 g/mol. The summed E-state index contributed by atoms with van der Waals surface area (Å²) in [5.41, 5.74) is 8.36. The first kappa shape index (κ1) is 14.3. The highest BCUT2D eigenvalue weighted by molar-refractivity contribution is 6.30. The maximum atomic E-state index is 9.48. The van der Waals surface area contributed by atoms with E-state index in [1.165, 1.54) is 7.11 Å². The molecule has 22 heavy (non-hydrogen) atoms. The molecule has 1 aromatic carbocycles. The smallest absolute Gasteiger partial charge is 0.290 e. The maximum absolute atomic E-state index is 9.48. The number of rotatable bonds is 1. The number of hydrogen-bond donors (Lipinski definition) is 3. The largest absolute Gasteiger partial charge is 0.468 e. The molecule has 1 unspecified atom stereocenters. The van der Waals surface area contributed by atoms with Crippen LogP contribution in [0, 0.1) is 11.3 Å². The average Bonchev–Trinajstić information content (AvgIpc) is 2.54. The Balaban J connectivity index is 2.06. The second kappa shape index (κ2) is 5.62. The molecular weight excluding hydrogens is 302 g/mol. The number of nitrogens with one attached hydrogen (secondary N) is 2. The third-order valence-electron chi connectivity index (χ3n) is 3.65. The lowest BCUT2D eigenvalue weighted by molar-refractivity contribution is 0.378. The number of amidine groups is 1. The van der Waals surface area contributed by atoms with Gasteiger partial charge in [-0.2, -0.15) is 5.26 Å². The fourth-order valence-electron chi connectivity index (χ4n) is 2.61. The Labute approximate surface area is 132 Å². The van der Waals surface area contributed by atoms with Gasteiger partial charge in [0.25, 0.3) is 6.02 Å². The molecule has 0 radical (unpaired) electrons. The number of aliphatic imine (C=N–C) groups is 1. The van der Waals surface area contributed by atoms with Crippen molar-refractivity contribution < 1.29 is 4.74 Å². The number of nitriles is 1. The Morgan fingerprint density at radius 2 is 2.09 bits per heavy atom. The zero-order valence-corrected chi connectivity index (χ0v) is 12.6. The summed E-state index contributed by atoms with van der Waals surface area (Å²) in [6.45, 7) is 0.421. The maximum Gasteiger partial charge on any atom is 0.290 e. The second-order valence-corrected chi connectivity index (χ2v) is 5.34. The number of methoxy groups -OCH3 is 1. The lowest BCUT2D eigenvalue weighted by atomic mass is 9.82. The molecule has 0 bridgehead atoms. The van der Waals surface area contributed by atoms with Crippen molar-refractivity contribution in [2.45, 2.75) is 5.92 Å². The summed E-state index contributed by atoms with van der Waals surface area (Å²) < 4.78 is 5.11. The molecule has 3 rings (SSSR count). The van der Waals surface area contributed by atoms with Gasteiger partial charge >= 0.3 is 0 Å². The quantitative estimate of drug-likeness (QED) is 0.730. The third-order valence-corrected chi connectivity index (χ3v) is 3.90. The summed E-state index contributed by atoms with van der Waals surface area (Å²) >= 11 is 5.95. The summed E-state index contributed by atoms with van der Waals surface area (Å²) in [4.78, 5) is 4.31. The number of allylic oxidation sites excluding steroid dienone is 1. The molecule has 0 aromatic heterocycles. The first-order valence-electron chi connectivity index (χ1n) is 6.64. The SMILES string of the molecule is COC1=NCC2=C(N1)NC(N)=C(C#N)C2c1ccc(Cl)cc1. The number of nitrogens with two attached hydrogens (primary N) is 1. The molecule has 1 aromatic rings. The molecule has 2 heterocycles. The summed E-state index contributed by atoms with van der Waals surface area (Å²) in [6.07, 6.45) is 0. The molecule has 7 heteroatoms. The van der Waals surface area contributed by atoms with E-state index in [1.54, 1.807) is 12.1 Å². The van der Waals surface area contributed by atoms with Crippen LogP contribution in [0.1, 0.15) is 11.5 Å². The van der Waals surface area contributed by atoms with Crippen LogP contribution in [0.15, 0.2) is 52.0 Å². The molecule has 2 aliphatic heterocycles. The molecule has 4 N–H and O–H groups in total. The van der Waals surface area contributed by atoms with Crippen molar-refractivity contribution in [3.63, 3.8) is 0 Å². The minimum atomic E-state index is -0.256. The summed E-state index contributed by atoms with van der Waals surface area (Å²) in [5, 5.41) is 16.2. The van der Waals surface area contributed by atoms with Crippen molar-refractivity contribution in [1.29, 1.82) is 5.26 Å². The standard InChI is InChI=1S/C15H14ClN5O/c1-22-15-19-7-11-12(8-2-4-9(16)5-3-8)10(6-17)13(18)20-14(11)21-15/h2-5,12,20H,7,18H2,1H3,(H,19,21). The van der Waals surface area contributed by atoms with Crippen LogP contribution in [-0.4, -0.2) is 19.7 Å². The highest BCUT2D eigenvalue weighted by Gasteiger charge is 2.33. The van der Waals surface area contributed by atoms with E-state index in [0.717, 1.165) is 11.1 Å². The predicted octanol–water partition coefficient (Wildman–Crippen LogP) is 1.54. The highest BCUT2D eigenvalue weighted by atomic mass is 35.5. The van der Waals surface area contributed by atoms with Crippen LogP contribution in [0.2, 0.25) is 5.02 Å². The van der Waals surface area contributed by atoms with Crippen LogP contribution < -0.4 is 16.4 Å². The first-order chi connectivity index (χ1) is 10.6. The number of benzene rings is 1. The molecule has 6 nitrogen and oxygen atoms in total. The van der Waals surface area contributed by atoms with Gasteiger partial charge in [0.15, 0.2) is 0 Å². The Morgan fingerprint density at radius 3 is 2.73 bits per heavy atom. The summed E-state index contributed by atoms with van der Waals surface area (Å²) in [5.74, 6) is 0.780. The Kier molecular flexibility index (Phi) is 3.65. The van der Waals surface area contributed by atoms with Gasteiger partial charge in [0.1, 0.15) is 11.6 Å². The second-order valence-electron chi connectivity index (χ2n) is 4.90. The van der Waals surface area contributed by atoms with E-state index in [0.29, 0.717) is 34.8 Å². The first-order valence-corrected chi connectivity index (χ1v) is 7.02. The minimum Gasteiger partial charge on any atom is -0.468 e. The normalized spacial score (nSPS) is 20.4. The predicted molar refractivity (Wildman–Crippen MR) is 83.6 cm³/mol. The molecule has 2 aliphatic rings. The Bertz CT molecular complexity index is 742. The van der Waals surface area contributed by atoms with Gasteiger partial charge in [0, 0.05) is 16.5 Å². The fourth-order valence-corrected chi connectivity index (χ4v) is 2.73. The van der Waals surface area contributed by atoms with E-state index in [-0.39, 0.29) is 5.92 Å². The van der Waals surface area contributed by atoms with Gasteiger partial charge in [-0.3, -0.25) is 5.32 Å². The van der Waals surface area contributed by atoms with E-state index >= 15 is 0 Å². The van der Waals surface area contributed by atoms with Crippen molar-refractivity contribution in [3.05, 3.63) is 57.6 Å². The van der Waals surface area contributed by atoms with E-state index in [9.17, 15) is 5.26 Å². The number of nitrogens with zero attached hydrogens (tertiary/aromatic N) is 2. The Morgan fingerprint density at radius 1 is 1.36 bits per heavy atom. The van der Waals surface area contributed by atoms with Gasteiger partial charge in [-0.05, 0) is 17.7 Å². The average molecular weight is 316 g/mol. The lowest BCUT2D eigenvalue weighted by Crippen LogP contribution is -2.43. The molecule has 0 aliphatic carbocycles. The highest BCUT2D eigenvalue weighted by Crippen LogP contribution is 2.37. The van der Waals surface area contributed by atoms with Gasteiger partial charge in [-0.15, -0.1) is 0 Å². The van der Waals surface area contributed by atoms with Gasteiger partial charge in [0.2, 0.25) is 0 Å². The van der Waals surface area contributed by atoms with Crippen molar-refractivity contribution in [2.75, 3.05) is 13.7 Å². The summed E-state index contributed by atoms with van der Waals surface area (Å²) in [7, 11) is 1.54.